The van der Waals surface area contributed by atoms with Gasteiger partial charge in [0.1, 0.15) is 0 Å². The van der Waals surface area contributed by atoms with E-state index in [2.05, 4.69) is 21.3 Å². The number of aromatic nitrogens is 1. The first-order valence-electron chi connectivity index (χ1n) is 7.65. The zero-order valence-electron chi connectivity index (χ0n) is 12.2. The SMILES string of the molecule is Oc1[nH]c2c3c(ccc2c1N=Nc1ccccc1)CCCC3. The molecular formula is C18H17N3O. The third kappa shape index (κ3) is 2.17. The Morgan fingerprint density at radius 3 is 2.59 bits per heavy atom. The molecule has 0 unspecified atom stereocenters. The van der Waals surface area contributed by atoms with E-state index in [0.29, 0.717) is 5.69 Å². The van der Waals surface area contributed by atoms with Crippen molar-refractivity contribution in [3.63, 3.8) is 0 Å². The summed E-state index contributed by atoms with van der Waals surface area (Å²) < 4.78 is 0. The highest BCUT2D eigenvalue weighted by Gasteiger charge is 2.18. The summed E-state index contributed by atoms with van der Waals surface area (Å²) in [5, 5.41) is 19.6. The molecule has 1 aliphatic rings. The Bertz CT molecular complexity index is 850. The lowest BCUT2D eigenvalue weighted by Gasteiger charge is -2.15. The van der Waals surface area contributed by atoms with E-state index in [1.54, 1.807) is 0 Å². The molecule has 0 saturated heterocycles. The lowest BCUT2D eigenvalue weighted by atomic mass is 9.90. The number of nitrogens with zero attached hydrogens (tertiary/aromatic N) is 2. The normalized spacial score (nSPS) is 14.5. The van der Waals surface area contributed by atoms with Gasteiger partial charge in [0.2, 0.25) is 5.88 Å². The molecule has 22 heavy (non-hydrogen) atoms. The number of benzene rings is 2. The summed E-state index contributed by atoms with van der Waals surface area (Å²) in [5.41, 5.74) is 5.00. The van der Waals surface area contributed by atoms with Crippen LogP contribution in [0.15, 0.2) is 52.7 Å². The van der Waals surface area contributed by atoms with Gasteiger partial charge in [0.05, 0.1) is 11.2 Å². The van der Waals surface area contributed by atoms with Crippen LogP contribution >= 0.6 is 0 Å². The zero-order valence-corrected chi connectivity index (χ0v) is 12.2. The van der Waals surface area contributed by atoms with Gasteiger partial charge in [0.15, 0.2) is 5.69 Å². The molecule has 0 spiro atoms. The minimum Gasteiger partial charge on any atom is -0.493 e. The van der Waals surface area contributed by atoms with Gasteiger partial charge in [-0.1, -0.05) is 30.3 Å². The number of aryl methyl sites for hydroxylation is 2. The van der Waals surface area contributed by atoms with Crippen LogP contribution in [0, 0.1) is 0 Å². The maximum atomic E-state index is 10.2. The topological polar surface area (TPSA) is 60.7 Å². The molecule has 110 valence electrons. The molecular weight excluding hydrogens is 274 g/mol. The minimum atomic E-state index is 0.0913. The number of rotatable bonds is 2. The van der Waals surface area contributed by atoms with E-state index in [1.165, 1.54) is 24.0 Å². The van der Waals surface area contributed by atoms with Crippen LogP contribution in [0.2, 0.25) is 0 Å². The first-order valence-corrected chi connectivity index (χ1v) is 7.65. The number of fused-ring (bicyclic) bond motifs is 3. The number of nitrogens with one attached hydrogen (secondary N) is 1. The fraction of sp³-hybridized carbons (Fsp3) is 0.222. The van der Waals surface area contributed by atoms with Crippen molar-refractivity contribution in [1.82, 2.24) is 4.98 Å². The lowest BCUT2D eigenvalue weighted by molar-refractivity contribution is 0.459. The average Bonchev–Trinajstić information content (AvgIpc) is 2.90. The third-order valence-electron chi connectivity index (χ3n) is 4.28. The summed E-state index contributed by atoms with van der Waals surface area (Å²) in [4.78, 5) is 3.09. The van der Waals surface area contributed by atoms with Gasteiger partial charge in [-0.25, -0.2) is 0 Å². The predicted octanol–water partition coefficient (Wildman–Crippen LogP) is 5.17. The molecule has 0 radical (unpaired) electrons. The van der Waals surface area contributed by atoms with Crippen molar-refractivity contribution in [3.05, 3.63) is 53.6 Å². The molecule has 2 N–H and O–H groups in total. The summed E-state index contributed by atoms with van der Waals surface area (Å²) >= 11 is 0. The summed E-state index contributed by atoms with van der Waals surface area (Å²) in [5.74, 6) is 0.0913. The summed E-state index contributed by atoms with van der Waals surface area (Å²) in [6.45, 7) is 0. The van der Waals surface area contributed by atoms with Gasteiger partial charge in [-0.05, 0) is 48.9 Å². The van der Waals surface area contributed by atoms with E-state index >= 15 is 0 Å². The molecule has 4 rings (SSSR count). The van der Waals surface area contributed by atoms with Crippen LogP contribution in [0.25, 0.3) is 10.9 Å². The summed E-state index contributed by atoms with van der Waals surface area (Å²) in [6.07, 6.45) is 4.62. The largest absolute Gasteiger partial charge is 0.493 e. The van der Waals surface area contributed by atoms with Crippen LogP contribution in [-0.2, 0) is 12.8 Å². The van der Waals surface area contributed by atoms with Crippen LogP contribution < -0.4 is 0 Å². The molecule has 0 atom stereocenters. The smallest absolute Gasteiger partial charge is 0.218 e. The van der Waals surface area contributed by atoms with Gasteiger partial charge in [-0.15, -0.1) is 5.11 Å². The minimum absolute atomic E-state index is 0.0913. The second-order valence-electron chi connectivity index (χ2n) is 5.69. The first-order chi connectivity index (χ1) is 10.8. The maximum absolute atomic E-state index is 10.2. The van der Waals surface area contributed by atoms with Crippen LogP contribution in [0.1, 0.15) is 24.0 Å². The van der Waals surface area contributed by atoms with Crippen LogP contribution in [-0.4, -0.2) is 10.1 Å². The van der Waals surface area contributed by atoms with E-state index in [0.717, 1.165) is 29.4 Å². The van der Waals surface area contributed by atoms with Crippen molar-refractivity contribution >= 4 is 22.3 Å². The summed E-state index contributed by atoms with van der Waals surface area (Å²) in [6, 6.07) is 13.7. The predicted molar refractivity (Wildman–Crippen MR) is 87.2 cm³/mol. The molecule has 1 aliphatic carbocycles. The van der Waals surface area contributed by atoms with Gasteiger partial charge in [0, 0.05) is 5.39 Å². The van der Waals surface area contributed by atoms with E-state index in [4.69, 9.17) is 0 Å². The van der Waals surface area contributed by atoms with Crippen molar-refractivity contribution < 1.29 is 5.11 Å². The van der Waals surface area contributed by atoms with Crippen LogP contribution in [0.5, 0.6) is 5.88 Å². The molecule has 1 heterocycles. The van der Waals surface area contributed by atoms with Crippen molar-refractivity contribution in [1.29, 1.82) is 0 Å². The Morgan fingerprint density at radius 2 is 1.73 bits per heavy atom. The second-order valence-corrected chi connectivity index (χ2v) is 5.69. The molecule has 0 bridgehead atoms. The molecule has 3 aromatic rings. The number of hydrogen-bond donors (Lipinski definition) is 2. The van der Waals surface area contributed by atoms with E-state index in [-0.39, 0.29) is 5.88 Å². The van der Waals surface area contributed by atoms with Gasteiger partial charge in [0.25, 0.3) is 0 Å². The van der Waals surface area contributed by atoms with E-state index in [9.17, 15) is 5.11 Å². The highest BCUT2D eigenvalue weighted by atomic mass is 16.3. The number of aromatic amines is 1. The Kier molecular flexibility index (Phi) is 3.15. The van der Waals surface area contributed by atoms with Crippen LogP contribution in [0.3, 0.4) is 0 Å². The fourth-order valence-corrected chi connectivity index (χ4v) is 3.18. The fourth-order valence-electron chi connectivity index (χ4n) is 3.18. The zero-order chi connectivity index (χ0) is 14.9. The quantitative estimate of drug-likeness (QED) is 0.629. The molecule has 4 heteroatoms. The molecule has 0 aliphatic heterocycles. The highest BCUT2D eigenvalue weighted by Crippen LogP contribution is 2.40. The molecule has 1 aromatic heterocycles. The Balaban J connectivity index is 1.81. The number of hydrogen-bond acceptors (Lipinski definition) is 3. The van der Waals surface area contributed by atoms with Gasteiger partial charge in [-0.2, -0.15) is 5.11 Å². The van der Waals surface area contributed by atoms with Gasteiger partial charge >= 0.3 is 0 Å². The number of azo groups is 1. The van der Waals surface area contributed by atoms with Crippen molar-refractivity contribution in [2.24, 2.45) is 10.2 Å². The Hall–Kier alpha value is -2.62. The molecule has 4 nitrogen and oxygen atoms in total. The van der Waals surface area contributed by atoms with Crippen LogP contribution in [0.4, 0.5) is 11.4 Å². The monoisotopic (exact) mass is 291 g/mol. The third-order valence-corrected chi connectivity index (χ3v) is 4.28. The summed E-state index contributed by atoms with van der Waals surface area (Å²) in [7, 11) is 0. The van der Waals surface area contributed by atoms with E-state index < -0.39 is 0 Å². The number of H-pyrrole nitrogens is 1. The van der Waals surface area contributed by atoms with E-state index in [1.807, 2.05) is 36.4 Å². The standard InChI is InChI=1S/C18H17N3O/c22-18-17(21-20-13-7-2-1-3-8-13)15-11-10-12-6-4-5-9-14(12)16(15)19-18/h1-3,7-8,10-11,19,22H,4-6,9H2. The van der Waals surface area contributed by atoms with Crippen molar-refractivity contribution in [3.8, 4) is 5.88 Å². The second kappa shape index (κ2) is 5.30. The molecule has 0 amide bonds. The first kappa shape index (κ1) is 13.1. The highest BCUT2D eigenvalue weighted by molar-refractivity contribution is 5.96. The number of aromatic hydroxyl groups is 1. The Morgan fingerprint density at radius 1 is 0.909 bits per heavy atom. The Labute approximate surface area is 128 Å². The molecule has 0 fully saturated rings. The molecule has 0 saturated carbocycles. The van der Waals surface area contributed by atoms with Gasteiger partial charge in [-0.3, -0.25) is 0 Å². The average molecular weight is 291 g/mol. The van der Waals surface area contributed by atoms with Crippen molar-refractivity contribution in [2.75, 3.05) is 0 Å². The molecule has 2 aromatic carbocycles. The van der Waals surface area contributed by atoms with Gasteiger partial charge < -0.3 is 10.1 Å². The lowest BCUT2D eigenvalue weighted by Crippen LogP contribution is -2.02. The maximum Gasteiger partial charge on any atom is 0.218 e. The van der Waals surface area contributed by atoms with Crippen molar-refractivity contribution in [2.45, 2.75) is 25.7 Å².